The van der Waals surface area contributed by atoms with Gasteiger partial charge in [-0.1, -0.05) is 408 Å². The molecule has 0 saturated carbocycles. The molecule has 0 bridgehead atoms. The number of hydrogen-bond acceptors (Lipinski definition) is 8. The SMILES string of the molecule is CC/C=C\C/C=C\C/C=C\C/C=C\C/C=C\CCCCCCCCCCCCCCCCCC(=O)OC(COC(=O)CCCCCCCCCCCCCCCCCCCCCCCCCCCCCCCCCCCCCCCCCC)COC(OCC[N+](C)(C)C)C(=O)[O-]. The van der Waals surface area contributed by atoms with Gasteiger partial charge in [0.15, 0.2) is 12.4 Å². The van der Waals surface area contributed by atoms with E-state index in [-0.39, 0.29) is 32.2 Å². The first-order valence-electron chi connectivity index (χ1n) is 41.9. The smallest absolute Gasteiger partial charge is 0.306 e. The van der Waals surface area contributed by atoms with Gasteiger partial charge in [0.2, 0.25) is 0 Å². The van der Waals surface area contributed by atoms with E-state index in [1.54, 1.807) is 0 Å². The Balaban J connectivity index is 3.93. The third-order valence-corrected chi connectivity index (χ3v) is 19.0. The summed E-state index contributed by atoms with van der Waals surface area (Å²) in [6.07, 6.45) is 101. The molecule has 0 heterocycles. The number of carbonyl (C=O) groups excluding carboxylic acids is 3. The average Bonchev–Trinajstić information content (AvgIpc) is 2.59. The zero-order chi connectivity index (χ0) is 69.7. The number of ether oxygens (including phenoxy) is 4. The fourth-order valence-electron chi connectivity index (χ4n) is 12.7. The molecule has 0 amide bonds. The number of likely N-dealkylation sites (N-methyl/N-ethyl adjacent to an activating group) is 1. The number of quaternary nitrogens is 1. The third-order valence-electron chi connectivity index (χ3n) is 19.0. The summed E-state index contributed by atoms with van der Waals surface area (Å²) in [5.74, 6) is -2.26. The Hall–Kier alpha value is -3.01. The Bertz CT molecular complexity index is 1760. The molecule has 0 aromatic carbocycles. The highest BCUT2D eigenvalue weighted by molar-refractivity contribution is 5.70. The number of carboxylic acids is 1. The molecule has 9 nitrogen and oxygen atoms in total. The zero-order valence-electron chi connectivity index (χ0n) is 64.5. The van der Waals surface area contributed by atoms with Crippen LogP contribution in [0, 0.1) is 0 Å². The van der Waals surface area contributed by atoms with Crippen LogP contribution in [-0.2, 0) is 33.3 Å². The quantitative estimate of drug-likeness (QED) is 0.0195. The van der Waals surface area contributed by atoms with E-state index in [2.05, 4.69) is 74.6 Å². The number of carboxylic acid groups (broad SMARTS) is 1. The first kappa shape index (κ1) is 93.0. The summed E-state index contributed by atoms with van der Waals surface area (Å²) in [6, 6.07) is 0. The van der Waals surface area contributed by atoms with Crippen molar-refractivity contribution in [1.29, 1.82) is 0 Å². The van der Waals surface area contributed by atoms with Crippen molar-refractivity contribution in [3.05, 3.63) is 60.8 Å². The van der Waals surface area contributed by atoms with Crippen LogP contribution in [0.5, 0.6) is 0 Å². The van der Waals surface area contributed by atoms with Crippen molar-refractivity contribution in [1.82, 2.24) is 0 Å². The van der Waals surface area contributed by atoms with Gasteiger partial charge in [0.05, 0.1) is 40.3 Å². The highest BCUT2D eigenvalue weighted by Crippen LogP contribution is 2.20. The normalized spacial score (nSPS) is 12.9. The van der Waals surface area contributed by atoms with Crippen molar-refractivity contribution in [2.45, 2.75) is 431 Å². The summed E-state index contributed by atoms with van der Waals surface area (Å²) in [7, 11) is 5.95. The molecule has 0 rings (SSSR count). The first-order valence-corrected chi connectivity index (χ1v) is 41.9. The van der Waals surface area contributed by atoms with Crippen LogP contribution in [0.4, 0.5) is 0 Å². The van der Waals surface area contributed by atoms with Crippen LogP contribution in [0.3, 0.4) is 0 Å². The topological polar surface area (TPSA) is 111 Å². The second kappa shape index (κ2) is 77.7. The largest absolute Gasteiger partial charge is 0.545 e. The molecule has 0 N–H and O–H groups in total. The van der Waals surface area contributed by atoms with Gasteiger partial charge in [-0.25, -0.2) is 0 Å². The molecule has 0 radical (unpaired) electrons. The molecule has 0 aliphatic heterocycles. The van der Waals surface area contributed by atoms with Gasteiger partial charge in [0.1, 0.15) is 13.2 Å². The maximum absolute atomic E-state index is 13.0. The van der Waals surface area contributed by atoms with E-state index < -0.39 is 24.3 Å². The average molecular weight is 1350 g/mol. The summed E-state index contributed by atoms with van der Waals surface area (Å²) in [6.45, 7) is 4.71. The van der Waals surface area contributed by atoms with Crippen LogP contribution in [-0.4, -0.2) is 82.3 Å². The van der Waals surface area contributed by atoms with Crippen LogP contribution in [0.2, 0.25) is 0 Å². The van der Waals surface area contributed by atoms with E-state index >= 15 is 0 Å². The van der Waals surface area contributed by atoms with Gasteiger partial charge in [-0.2, -0.15) is 0 Å². The van der Waals surface area contributed by atoms with Crippen LogP contribution < -0.4 is 5.11 Å². The molecule has 0 aliphatic rings. The monoisotopic (exact) mass is 1350 g/mol. The molecule has 0 saturated heterocycles. The lowest BCUT2D eigenvalue weighted by Crippen LogP contribution is -2.44. The van der Waals surface area contributed by atoms with Crippen molar-refractivity contribution >= 4 is 17.9 Å². The summed E-state index contributed by atoms with van der Waals surface area (Å²) >= 11 is 0. The minimum absolute atomic E-state index is 0.149. The lowest BCUT2D eigenvalue weighted by molar-refractivity contribution is -0.870. The fraction of sp³-hybridized carbons (Fsp3) is 0.851. The number of allylic oxidation sites excluding steroid dienone is 10. The number of carbonyl (C=O) groups is 3. The molecule has 562 valence electrons. The Kier molecular flexibility index (Phi) is 75.3. The number of aliphatic carboxylic acids is 1. The minimum Gasteiger partial charge on any atom is -0.545 e. The van der Waals surface area contributed by atoms with E-state index in [4.69, 9.17) is 18.9 Å². The standard InChI is InChI=1S/C87H161NO8/c1-6-8-10-12-14-16-18-20-22-24-26-28-30-32-34-36-38-39-40-41-42-43-44-45-46-48-49-51-53-55-57-59-61-63-65-67-69-71-73-75-77-84(89)94-81-83(82-95-87(86(91)92)93-80-79-88(3,4)5)96-85(90)78-76-74-72-70-68-66-64-62-60-58-56-54-52-50-47-37-35-33-31-29-27-25-23-21-19-17-15-13-11-9-7-2/h9,11,15,17,21,23,27,29,33,35,83,87H,6-8,10,12-14,16,18-20,22,24-26,28,30-32,34,36-82H2,1-5H3/b11-9-,17-15-,23-21-,29-27-,35-33-. The Morgan fingerprint density at radius 1 is 0.323 bits per heavy atom. The number of hydrogen-bond donors (Lipinski definition) is 0. The molecular formula is C87H161NO8. The number of esters is 2. The Morgan fingerprint density at radius 3 is 0.885 bits per heavy atom. The third kappa shape index (κ3) is 78.3. The predicted octanol–water partition coefficient (Wildman–Crippen LogP) is 25.7. The molecule has 2 atom stereocenters. The molecule has 96 heavy (non-hydrogen) atoms. The van der Waals surface area contributed by atoms with Crippen LogP contribution in [0.1, 0.15) is 418 Å². The van der Waals surface area contributed by atoms with Crippen LogP contribution >= 0.6 is 0 Å². The van der Waals surface area contributed by atoms with Gasteiger partial charge in [-0.05, 0) is 57.8 Å². The predicted molar refractivity (Wildman–Crippen MR) is 412 cm³/mol. The molecule has 2 unspecified atom stereocenters. The first-order chi connectivity index (χ1) is 47.1. The highest BCUT2D eigenvalue weighted by atomic mass is 16.7. The molecule has 0 aromatic heterocycles. The molecule has 9 heteroatoms. The van der Waals surface area contributed by atoms with Crippen molar-refractivity contribution in [2.24, 2.45) is 0 Å². The van der Waals surface area contributed by atoms with Gasteiger partial charge in [-0.3, -0.25) is 9.59 Å². The van der Waals surface area contributed by atoms with Gasteiger partial charge >= 0.3 is 11.9 Å². The molecule has 0 aromatic rings. The maximum Gasteiger partial charge on any atom is 0.306 e. The molecule has 0 aliphatic carbocycles. The van der Waals surface area contributed by atoms with Crippen molar-refractivity contribution < 1.29 is 42.9 Å². The van der Waals surface area contributed by atoms with E-state index in [1.807, 2.05) is 21.1 Å². The second-order valence-electron chi connectivity index (χ2n) is 29.8. The lowest BCUT2D eigenvalue weighted by Gasteiger charge is -2.26. The van der Waals surface area contributed by atoms with Gasteiger partial charge < -0.3 is 33.3 Å². The lowest BCUT2D eigenvalue weighted by atomic mass is 10.0. The Morgan fingerprint density at radius 2 is 0.594 bits per heavy atom. The summed E-state index contributed by atoms with van der Waals surface area (Å²) in [5.41, 5.74) is 0. The number of nitrogens with zero attached hydrogens (tertiary/aromatic N) is 1. The highest BCUT2D eigenvalue weighted by Gasteiger charge is 2.22. The van der Waals surface area contributed by atoms with E-state index in [0.717, 1.165) is 64.2 Å². The van der Waals surface area contributed by atoms with Crippen molar-refractivity contribution in [2.75, 3.05) is 47.5 Å². The van der Waals surface area contributed by atoms with Crippen LogP contribution in [0.25, 0.3) is 0 Å². The Labute approximate surface area is 596 Å². The number of unbranched alkanes of at least 4 members (excludes halogenated alkanes) is 54. The summed E-state index contributed by atoms with van der Waals surface area (Å²) in [5, 5.41) is 11.9. The maximum atomic E-state index is 13.0. The van der Waals surface area contributed by atoms with E-state index in [0.29, 0.717) is 23.9 Å². The van der Waals surface area contributed by atoms with Crippen LogP contribution in [0.15, 0.2) is 60.8 Å². The van der Waals surface area contributed by atoms with Gasteiger partial charge in [0, 0.05) is 12.8 Å². The van der Waals surface area contributed by atoms with Gasteiger partial charge in [-0.15, -0.1) is 0 Å². The van der Waals surface area contributed by atoms with E-state index in [9.17, 15) is 19.5 Å². The molecular weight excluding hydrogens is 1190 g/mol. The molecule has 0 spiro atoms. The second-order valence-corrected chi connectivity index (χ2v) is 29.8. The van der Waals surface area contributed by atoms with Crippen molar-refractivity contribution in [3.63, 3.8) is 0 Å². The number of rotatable bonds is 79. The molecule has 0 fully saturated rings. The minimum atomic E-state index is -1.62. The van der Waals surface area contributed by atoms with E-state index in [1.165, 1.54) is 321 Å². The summed E-state index contributed by atoms with van der Waals surface area (Å²) in [4.78, 5) is 37.6. The van der Waals surface area contributed by atoms with Crippen molar-refractivity contribution in [3.8, 4) is 0 Å². The van der Waals surface area contributed by atoms with Gasteiger partial charge in [0.25, 0.3) is 0 Å². The summed E-state index contributed by atoms with van der Waals surface area (Å²) < 4.78 is 22.9. The zero-order valence-corrected chi connectivity index (χ0v) is 64.5. The fourth-order valence-corrected chi connectivity index (χ4v) is 12.7.